The lowest BCUT2D eigenvalue weighted by atomic mass is 10.2. The molecule has 0 unspecified atom stereocenters. The van der Waals surface area contributed by atoms with Crippen molar-refractivity contribution in [1.82, 2.24) is 18.9 Å². The lowest BCUT2D eigenvalue weighted by molar-refractivity contribution is -0.118. The van der Waals surface area contributed by atoms with Crippen LogP contribution < -0.4 is 10.1 Å². The molecular weight excluding hydrogens is 394 g/mol. The highest BCUT2D eigenvalue weighted by Gasteiger charge is 2.26. The Morgan fingerprint density at radius 2 is 1.90 bits per heavy atom. The predicted octanol–water partition coefficient (Wildman–Crippen LogP) is 1.92. The number of anilines is 1. The van der Waals surface area contributed by atoms with Crippen LogP contribution in [0, 0.1) is 0 Å². The van der Waals surface area contributed by atoms with Crippen LogP contribution in [-0.2, 0) is 14.8 Å². The zero-order valence-electron chi connectivity index (χ0n) is 15.7. The quantitative estimate of drug-likeness (QED) is 0.659. The molecule has 2 aromatic heterocycles. The van der Waals surface area contributed by atoms with Gasteiger partial charge in [0.05, 0.1) is 4.90 Å². The van der Waals surface area contributed by atoms with Gasteiger partial charge in [0.2, 0.25) is 10.0 Å². The maximum absolute atomic E-state index is 12.8. The fraction of sp³-hybridized carbons (Fsp3) is 0.316. The van der Waals surface area contributed by atoms with E-state index in [1.54, 1.807) is 40.9 Å². The summed E-state index contributed by atoms with van der Waals surface area (Å²) in [4.78, 5) is 12.4. The molecule has 9 nitrogen and oxygen atoms in total. The zero-order valence-corrected chi connectivity index (χ0v) is 16.5. The van der Waals surface area contributed by atoms with Crippen molar-refractivity contribution >= 4 is 27.3 Å². The van der Waals surface area contributed by atoms with Crippen molar-refractivity contribution in [3.8, 4) is 6.01 Å². The third kappa shape index (κ3) is 4.22. The van der Waals surface area contributed by atoms with E-state index in [4.69, 9.17) is 4.74 Å². The molecular formula is C19H21N5O4S. The Labute approximate surface area is 168 Å². The standard InChI is InChI=1S/C19H21N5O4S/c25-18(14-28-19-22-21-17-9-2-5-12-24(17)19)20-15-7-6-8-16(13-15)29(26,27)23-10-3-1-4-11-23/h2,5-9,12-13H,1,3-4,10-11,14H2,(H,20,25). The minimum atomic E-state index is -3.56. The summed E-state index contributed by atoms with van der Waals surface area (Å²) < 4.78 is 34.2. The molecule has 29 heavy (non-hydrogen) atoms. The summed E-state index contributed by atoms with van der Waals surface area (Å²) in [6, 6.07) is 11.9. The van der Waals surface area contributed by atoms with Crippen molar-refractivity contribution in [2.24, 2.45) is 0 Å². The highest BCUT2D eigenvalue weighted by atomic mass is 32.2. The maximum atomic E-state index is 12.8. The average Bonchev–Trinajstić information content (AvgIpc) is 3.16. The van der Waals surface area contributed by atoms with Gasteiger partial charge in [-0.25, -0.2) is 8.42 Å². The zero-order chi connectivity index (χ0) is 20.3. The molecule has 0 saturated carbocycles. The van der Waals surface area contributed by atoms with Crippen LogP contribution in [0.2, 0.25) is 0 Å². The Bertz CT molecular complexity index is 1120. The Hall–Kier alpha value is -2.98. The normalized spacial score (nSPS) is 15.3. The molecule has 152 valence electrons. The number of hydrogen-bond acceptors (Lipinski definition) is 6. The number of aromatic nitrogens is 3. The number of carbonyl (C=O) groups is 1. The molecule has 0 aliphatic carbocycles. The monoisotopic (exact) mass is 415 g/mol. The number of sulfonamides is 1. The van der Waals surface area contributed by atoms with Gasteiger partial charge in [0.1, 0.15) is 0 Å². The molecule has 1 aliphatic heterocycles. The SMILES string of the molecule is O=C(COc1nnc2ccccn12)Nc1cccc(S(=O)(=O)N2CCCCC2)c1. The molecule has 0 spiro atoms. The van der Waals surface area contributed by atoms with E-state index in [2.05, 4.69) is 15.5 Å². The summed E-state index contributed by atoms with van der Waals surface area (Å²) in [6.07, 6.45) is 4.51. The van der Waals surface area contributed by atoms with Crippen molar-refractivity contribution in [2.75, 3.05) is 25.0 Å². The molecule has 3 heterocycles. The van der Waals surface area contributed by atoms with Gasteiger partial charge in [-0.05, 0) is 43.2 Å². The number of carbonyl (C=O) groups excluding carboxylic acids is 1. The molecule has 0 bridgehead atoms. The van der Waals surface area contributed by atoms with Crippen LogP contribution >= 0.6 is 0 Å². The van der Waals surface area contributed by atoms with Crippen molar-refractivity contribution in [1.29, 1.82) is 0 Å². The topological polar surface area (TPSA) is 106 Å². The van der Waals surface area contributed by atoms with Crippen molar-refractivity contribution < 1.29 is 17.9 Å². The van der Waals surface area contributed by atoms with E-state index < -0.39 is 15.9 Å². The van der Waals surface area contributed by atoms with E-state index in [0.29, 0.717) is 24.4 Å². The Kier molecular flexibility index (Phi) is 5.45. The number of piperidine rings is 1. The van der Waals surface area contributed by atoms with Crippen LogP contribution in [0.1, 0.15) is 19.3 Å². The number of amides is 1. The van der Waals surface area contributed by atoms with Crippen molar-refractivity contribution in [2.45, 2.75) is 24.2 Å². The number of ether oxygens (including phenoxy) is 1. The van der Waals surface area contributed by atoms with Crippen LogP contribution in [-0.4, -0.2) is 52.9 Å². The highest BCUT2D eigenvalue weighted by Crippen LogP contribution is 2.23. The number of pyridine rings is 1. The molecule has 1 aromatic carbocycles. The summed E-state index contributed by atoms with van der Waals surface area (Å²) in [7, 11) is -3.56. The summed E-state index contributed by atoms with van der Waals surface area (Å²) >= 11 is 0. The van der Waals surface area contributed by atoms with Gasteiger partial charge in [0, 0.05) is 25.0 Å². The van der Waals surface area contributed by atoms with Crippen LogP contribution in [0.25, 0.3) is 5.65 Å². The number of nitrogens with zero attached hydrogens (tertiary/aromatic N) is 4. The number of rotatable bonds is 6. The number of benzene rings is 1. The summed E-state index contributed by atoms with van der Waals surface area (Å²) in [6.45, 7) is 0.775. The first-order chi connectivity index (χ1) is 14.0. The van der Waals surface area contributed by atoms with Gasteiger partial charge in [-0.15, -0.1) is 5.10 Å². The number of nitrogens with one attached hydrogen (secondary N) is 1. The van der Waals surface area contributed by atoms with E-state index in [9.17, 15) is 13.2 Å². The smallest absolute Gasteiger partial charge is 0.322 e. The fourth-order valence-electron chi connectivity index (χ4n) is 3.23. The first kappa shape index (κ1) is 19.3. The van der Waals surface area contributed by atoms with E-state index in [1.807, 2.05) is 6.07 Å². The third-order valence-electron chi connectivity index (χ3n) is 4.69. The second-order valence-electron chi connectivity index (χ2n) is 6.74. The van der Waals surface area contributed by atoms with Crippen LogP contribution in [0.3, 0.4) is 0 Å². The van der Waals surface area contributed by atoms with E-state index in [1.165, 1.54) is 10.4 Å². The lowest BCUT2D eigenvalue weighted by Crippen LogP contribution is -2.35. The first-order valence-electron chi connectivity index (χ1n) is 9.37. The summed E-state index contributed by atoms with van der Waals surface area (Å²) in [5.41, 5.74) is 1.00. The lowest BCUT2D eigenvalue weighted by Gasteiger charge is -2.26. The second-order valence-corrected chi connectivity index (χ2v) is 8.68. The van der Waals surface area contributed by atoms with Gasteiger partial charge in [-0.3, -0.25) is 9.20 Å². The molecule has 1 amide bonds. The van der Waals surface area contributed by atoms with E-state index in [0.717, 1.165) is 19.3 Å². The van der Waals surface area contributed by atoms with Gasteiger partial charge in [-0.2, -0.15) is 4.31 Å². The third-order valence-corrected chi connectivity index (χ3v) is 6.58. The number of fused-ring (bicyclic) bond motifs is 1. The van der Waals surface area contributed by atoms with Gasteiger partial charge in [0.15, 0.2) is 12.3 Å². The van der Waals surface area contributed by atoms with E-state index >= 15 is 0 Å². The molecule has 10 heteroatoms. The van der Waals surface area contributed by atoms with Crippen molar-refractivity contribution in [3.63, 3.8) is 0 Å². The minimum Gasteiger partial charge on any atom is -0.453 e. The summed E-state index contributed by atoms with van der Waals surface area (Å²) in [5, 5.41) is 10.5. The Balaban J connectivity index is 1.41. The van der Waals surface area contributed by atoms with Gasteiger partial charge >= 0.3 is 6.01 Å². The largest absolute Gasteiger partial charge is 0.453 e. The molecule has 0 atom stereocenters. The first-order valence-corrected chi connectivity index (χ1v) is 10.8. The molecule has 1 N–H and O–H groups in total. The van der Waals surface area contributed by atoms with Crippen LogP contribution in [0.5, 0.6) is 6.01 Å². The van der Waals surface area contributed by atoms with Gasteiger partial charge < -0.3 is 10.1 Å². The summed E-state index contributed by atoms with van der Waals surface area (Å²) in [5.74, 6) is -0.426. The molecule has 1 fully saturated rings. The second kappa shape index (κ2) is 8.18. The minimum absolute atomic E-state index is 0.168. The highest BCUT2D eigenvalue weighted by molar-refractivity contribution is 7.89. The Morgan fingerprint density at radius 3 is 2.72 bits per heavy atom. The van der Waals surface area contributed by atoms with Crippen LogP contribution in [0.15, 0.2) is 53.6 Å². The van der Waals surface area contributed by atoms with E-state index in [-0.39, 0.29) is 17.5 Å². The average molecular weight is 415 g/mol. The Morgan fingerprint density at radius 1 is 1.07 bits per heavy atom. The molecule has 0 radical (unpaired) electrons. The maximum Gasteiger partial charge on any atom is 0.322 e. The molecule has 4 rings (SSSR count). The molecule has 1 saturated heterocycles. The van der Waals surface area contributed by atoms with Crippen molar-refractivity contribution in [3.05, 3.63) is 48.7 Å². The predicted molar refractivity (Wildman–Crippen MR) is 106 cm³/mol. The number of hydrogen-bond donors (Lipinski definition) is 1. The fourth-order valence-corrected chi connectivity index (χ4v) is 4.80. The van der Waals surface area contributed by atoms with Gasteiger partial charge in [0.25, 0.3) is 5.91 Å². The molecule has 1 aliphatic rings. The van der Waals surface area contributed by atoms with Crippen LogP contribution in [0.4, 0.5) is 5.69 Å². The van der Waals surface area contributed by atoms with Gasteiger partial charge in [-0.1, -0.05) is 23.7 Å². The molecule has 3 aromatic rings.